The van der Waals surface area contributed by atoms with Crippen molar-refractivity contribution in [3.8, 4) is 6.07 Å². The maximum atomic E-state index is 13.4. The Kier molecular flexibility index (Phi) is 3.74. The Labute approximate surface area is 107 Å². The number of rotatable bonds is 3. The summed E-state index contributed by atoms with van der Waals surface area (Å²) < 4.78 is 13.4. The molecule has 0 spiro atoms. The Balaban J connectivity index is 2.52. The van der Waals surface area contributed by atoms with Crippen molar-refractivity contribution in [3.05, 3.63) is 71.0 Å². The molecule has 90 valence electrons. The second kappa shape index (κ2) is 5.46. The quantitative estimate of drug-likeness (QED) is 0.786. The van der Waals surface area contributed by atoms with Gasteiger partial charge in [-0.15, -0.1) is 0 Å². The van der Waals surface area contributed by atoms with Crippen molar-refractivity contribution >= 4 is 0 Å². The molecule has 0 aliphatic rings. The van der Waals surface area contributed by atoms with Gasteiger partial charge in [0.05, 0.1) is 11.6 Å². The van der Waals surface area contributed by atoms with Gasteiger partial charge < -0.3 is 0 Å². The largest absolute Gasteiger partial charge is 0.207 e. The van der Waals surface area contributed by atoms with Crippen molar-refractivity contribution in [2.24, 2.45) is 0 Å². The molecule has 0 bridgehead atoms. The highest BCUT2D eigenvalue weighted by molar-refractivity contribution is 5.44. The summed E-state index contributed by atoms with van der Waals surface area (Å²) in [7, 11) is 0. The molecule has 0 aromatic heterocycles. The van der Waals surface area contributed by atoms with Gasteiger partial charge in [-0.1, -0.05) is 37.3 Å². The van der Waals surface area contributed by atoms with Crippen molar-refractivity contribution in [2.45, 2.75) is 19.3 Å². The molecule has 1 atom stereocenters. The third kappa shape index (κ3) is 2.41. The molecule has 0 fully saturated rings. The van der Waals surface area contributed by atoms with Gasteiger partial charge in [-0.3, -0.25) is 0 Å². The molecule has 18 heavy (non-hydrogen) atoms. The van der Waals surface area contributed by atoms with Crippen LogP contribution in [0.2, 0.25) is 0 Å². The fourth-order valence-electron chi connectivity index (χ4n) is 2.24. The van der Waals surface area contributed by atoms with E-state index in [0.29, 0.717) is 5.56 Å². The highest BCUT2D eigenvalue weighted by Gasteiger charge is 2.16. The van der Waals surface area contributed by atoms with Crippen LogP contribution in [0.3, 0.4) is 0 Å². The molecule has 1 nitrogen and oxygen atoms in total. The van der Waals surface area contributed by atoms with E-state index in [0.717, 1.165) is 17.5 Å². The second-order valence-corrected chi connectivity index (χ2v) is 4.21. The molecule has 2 aromatic carbocycles. The van der Waals surface area contributed by atoms with Crippen molar-refractivity contribution < 1.29 is 4.39 Å². The zero-order valence-electron chi connectivity index (χ0n) is 10.2. The molecule has 2 heteroatoms. The number of hydrogen-bond donors (Lipinski definition) is 0. The van der Waals surface area contributed by atoms with Crippen LogP contribution >= 0.6 is 0 Å². The van der Waals surface area contributed by atoms with Crippen LogP contribution in [0.15, 0.2) is 48.5 Å². The maximum Gasteiger partial charge on any atom is 0.123 e. The summed E-state index contributed by atoms with van der Waals surface area (Å²) in [6, 6.07) is 16.4. The lowest BCUT2D eigenvalue weighted by Crippen LogP contribution is -2.03. The summed E-state index contributed by atoms with van der Waals surface area (Å²) >= 11 is 0. The average Bonchev–Trinajstić information content (AvgIpc) is 2.41. The first-order valence-electron chi connectivity index (χ1n) is 6.00. The molecular weight excluding hydrogens is 225 g/mol. The molecule has 0 heterocycles. The summed E-state index contributed by atoms with van der Waals surface area (Å²) in [6.45, 7) is 2.05. The fraction of sp³-hybridized carbons (Fsp3) is 0.188. The van der Waals surface area contributed by atoms with Gasteiger partial charge in [-0.05, 0) is 35.7 Å². The molecule has 0 aliphatic carbocycles. The smallest absolute Gasteiger partial charge is 0.123 e. The molecular formula is C16H14FN. The lowest BCUT2D eigenvalue weighted by molar-refractivity contribution is 0.621. The maximum absolute atomic E-state index is 13.4. The molecule has 2 aromatic rings. The highest BCUT2D eigenvalue weighted by atomic mass is 19.1. The Morgan fingerprint density at radius 3 is 2.50 bits per heavy atom. The monoisotopic (exact) mass is 239 g/mol. The van der Waals surface area contributed by atoms with Gasteiger partial charge >= 0.3 is 0 Å². The Bertz CT molecular complexity index is 569. The average molecular weight is 239 g/mol. The SMILES string of the molecule is CCC(c1ccccc1)c1cc(F)ccc1C#N. The standard InChI is InChI=1S/C16H14FN/c1-2-15(12-6-4-3-5-7-12)16-10-14(17)9-8-13(16)11-18/h3-10,15H,2H2,1H3. The molecule has 0 radical (unpaired) electrons. The van der Waals surface area contributed by atoms with E-state index in [2.05, 4.69) is 6.07 Å². The molecule has 2 rings (SSSR count). The minimum atomic E-state index is -0.293. The summed E-state index contributed by atoms with van der Waals surface area (Å²) in [5.74, 6) is -0.227. The molecule has 0 saturated carbocycles. The highest BCUT2D eigenvalue weighted by Crippen LogP contribution is 2.30. The van der Waals surface area contributed by atoms with Crippen LogP contribution in [0.5, 0.6) is 0 Å². The van der Waals surface area contributed by atoms with Gasteiger partial charge in [0.2, 0.25) is 0 Å². The molecule has 0 aliphatic heterocycles. The van der Waals surface area contributed by atoms with E-state index in [9.17, 15) is 4.39 Å². The van der Waals surface area contributed by atoms with Gasteiger partial charge in [0.25, 0.3) is 0 Å². The van der Waals surface area contributed by atoms with E-state index < -0.39 is 0 Å². The van der Waals surface area contributed by atoms with Gasteiger partial charge in [-0.25, -0.2) is 4.39 Å². The lowest BCUT2D eigenvalue weighted by Gasteiger charge is -2.17. The number of benzene rings is 2. The molecule has 0 saturated heterocycles. The van der Waals surface area contributed by atoms with Crippen molar-refractivity contribution in [1.82, 2.24) is 0 Å². The summed E-state index contributed by atoms with van der Waals surface area (Å²) in [4.78, 5) is 0. The number of nitriles is 1. The second-order valence-electron chi connectivity index (χ2n) is 4.21. The van der Waals surface area contributed by atoms with Crippen molar-refractivity contribution in [2.75, 3.05) is 0 Å². The summed E-state index contributed by atoms with van der Waals surface area (Å²) in [6.07, 6.45) is 0.835. The van der Waals surface area contributed by atoms with Crippen LogP contribution in [-0.4, -0.2) is 0 Å². The van der Waals surface area contributed by atoms with E-state index in [1.165, 1.54) is 12.1 Å². The zero-order chi connectivity index (χ0) is 13.0. The van der Waals surface area contributed by atoms with Crippen LogP contribution in [0.1, 0.15) is 36.0 Å². The predicted molar refractivity (Wildman–Crippen MR) is 69.7 cm³/mol. The Hall–Kier alpha value is -2.14. The van der Waals surface area contributed by atoms with Crippen LogP contribution in [0.25, 0.3) is 0 Å². The van der Waals surface area contributed by atoms with Crippen LogP contribution < -0.4 is 0 Å². The van der Waals surface area contributed by atoms with E-state index in [4.69, 9.17) is 5.26 Å². The summed E-state index contributed by atoms with van der Waals surface area (Å²) in [5, 5.41) is 9.13. The third-order valence-electron chi connectivity index (χ3n) is 3.12. The zero-order valence-corrected chi connectivity index (χ0v) is 10.2. The third-order valence-corrected chi connectivity index (χ3v) is 3.12. The number of hydrogen-bond acceptors (Lipinski definition) is 1. The van der Waals surface area contributed by atoms with Gasteiger partial charge in [0.15, 0.2) is 0 Å². The van der Waals surface area contributed by atoms with E-state index in [1.54, 1.807) is 6.07 Å². The minimum absolute atomic E-state index is 0.0662. The Morgan fingerprint density at radius 2 is 1.89 bits per heavy atom. The Morgan fingerprint density at radius 1 is 1.17 bits per heavy atom. The minimum Gasteiger partial charge on any atom is -0.207 e. The summed E-state index contributed by atoms with van der Waals surface area (Å²) in [5.41, 5.74) is 2.43. The number of nitrogens with zero attached hydrogens (tertiary/aromatic N) is 1. The lowest BCUT2D eigenvalue weighted by atomic mass is 9.86. The molecule has 0 amide bonds. The van der Waals surface area contributed by atoms with Gasteiger partial charge in [0.1, 0.15) is 5.82 Å². The molecule has 1 unspecified atom stereocenters. The fourth-order valence-corrected chi connectivity index (χ4v) is 2.24. The van der Waals surface area contributed by atoms with E-state index >= 15 is 0 Å². The van der Waals surface area contributed by atoms with Crippen LogP contribution in [-0.2, 0) is 0 Å². The van der Waals surface area contributed by atoms with Crippen molar-refractivity contribution in [3.63, 3.8) is 0 Å². The molecule has 0 N–H and O–H groups in total. The van der Waals surface area contributed by atoms with E-state index in [1.807, 2.05) is 37.3 Å². The predicted octanol–water partition coefficient (Wildman–Crippen LogP) is 4.24. The van der Waals surface area contributed by atoms with E-state index in [-0.39, 0.29) is 11.7 Å². The topological polar surface area (TPSA) is 23.8 Å². The van der Waals surface area contributed by atoms with Crippen LogP contribution in [0, 0.1) is 17.1 Å². The normalized spacial score (nSPS) is 11.8. The van der Waals surface area contributed by atoms with Gasteiger partial charge in [0, 0.05) is 5.92 Å². The van der Waals surface area contributed by atoms with Crippen molar-refractivity contribution in [1.29, 1.82) is 5.26 Å². The van der Waals surface area contributed by atoms with Gasteiger partial charge in [-0.2, -0.15) is 5.26 Å². The first-order valence-corrected chi connectivity index (χ1v) is 6.00. The van der Waals surface area contributed by atoms with Crippen LogP contribution in [0.4, 0.5) is 4.39 Å². The first-order chi connectivity index (χ1) is 8.76. The first kappa shape index (κ1) is 12.3. The number of halogens is 1.